The molecule has 0 spiro atoms. The average molecular weight is 400 g/mol. The van der Waals surface area contributed by atoms with Crippen molar-refractivity contribution in [1.29, 1.82) is 0 Å². The normalized spacial score (nSPS) is 12.2. The van der Waals surface area contributed by atoms with Gasteiger partial charge in [-0.3, -0.25) is 18.7 Å². The number of methoxy groups -OCH3 is 1. The van der Waals surface area contributed by atoms with E-state index in [1.165, 1.54) is 18.7 Å². The van der Waals surface area contributed by atoms with Crippen molar-refractivity contribution >= 4 is 28.8 Å². The van der Waals surface area contributed by atoms with Gasteiger partial charge in [0, 0.05) is 19.7 Å². The number of nitrogens with zero attached hydrogens (tertiary/aromatic N) is 4. The number of fused-ring (bicyclic) bond motifs is 1. The minimum absolute atomic E-state index is 0.196. The van der Waals surface area contributed by atoms with Crippen molar-refractivity contribution in [3.63, 3.8) is 0 Å². The molecule has 0 radical (unpaired) electrons. The smallest absolute Gasteiger partial charge is 0.332 e. The number of aryl methyl sites for hydroxylation is 2. The number of ether oxygens (including phenoxy) is 1. The van der Waals surface area contributed by atoms with E-state index in [0.717, 1.165) is 27.5 Å². The van der Waals surface area contributed by atoms with Crippen molar-refractivity contribution in [2.45, 2.75) is 24.1 Å². The summed E-state index contributed by atoms with van der Waals surface area (Å²) in [5.41, 5.74) is 1.06. The lowest BCUT2D eigenvalue weighted by Crippen LogP contribution is -2.37. The van der Waals surface area contributed by atoms with E-state index >= 15 is 0 Å². The Morgan fingerprint density at radius 2 is 1.75 bits per heavy atom. The van der Waals surface area contributed by atoms with E-state index in [9.17, 15) is 14.4 Å². The molecule has 1 aromatic carbocycles. The van der Waals surface area contributed by atoms with Crippen LogP contribution in [-0.2, 0) is 23.6 Å². The third-order valence-electron chi connectivity index (χ3n) is 4.40. The van der Waals surface area contributed by atoms with Crippen LogP contribution in [0.25, 0.3) is 22.4 Å². The van der Waals surface area contributed by atoms with Crippen molar-refractivity contribution in [2.75, 3.05) is 7.11 Å². The monoisotopic (exact) mass is 400 g/mol. The number of thioether (sulfide) groups is 1. The van der Waals surface area contributed by atoms with Gasteiger partial charge in [0.15, 0.2) is 11.5 Å². The molecule has 0 unspecified atom stereocenters. The molecule has 28 heavy (non-hydrogen) atoms. The molecule has 0 amide bonds. The van der Waals surface area contributed by atoms with Crippen molar-refractivity contribution in [3.05, 3.63) is 50.7 Å². The van der Waals surface area contributed by atoms with Crippen LogP contribution in [0.4, 0.5) is 0 Å². The molecule has 0 saturated heterocycles. The Morgan fingerprint density at radius 1 is 1.11 bits per heavy atom. The van der Waals surface area contributed by atoms with Gasteiger partial charge in [-0.15, -0.1) is 0 Å². The summed E-state index contributed by atoms with van der Waals surface area (Å²) in [6, 6.07) is 7.59. The predicted octanol–water partition coefficient (Wildman–Crippen LogP) is 1.66. The second-order valence-corrected chi connectivity index (χ2v) is 7.74. The molecule has 0 saturated carbocycles. The molecule has 0 aliphatic carbocycles. The first-order valence-corrected chi connectivity index (χ1v) is 9.41. The number of aromatic nitrogens is 4. The van der Waals surface area contributed by atoms with E-state index in [0.29, 0.717) is 10.9 Å². The SMILES string of the molecule is COC(=O)[C@H](C)Sc1nc(-c2ccc(C)cc2)nc2c1c(=O)n(C)c(=O)n2C. The molecule has 0 aliphatic heterocycles. The minimum Gasteiger partial charge on any atom is -0.468 e. The fourth-order valence-corrected chi connectivity index (χ4v) is 3.69. The predicted molar refractivity (Wildman–Crippen MR) is 108 cm³/mol. The van der Waals surface area contributed by atoms with Gasteiger partial charge >= 0.3 is 11.7 Å². The summed E-state index contributed by atoms with van der Waals surface area (Å²) < 4.78 is 7.09. The Balaban J connectivity index is 2.33. The first-order chi connectivity index (χ1) is 13.2. The quantitative estimate of drug-likeness (QED) is 0.373. The summed E-state index contributed by atoms with van der Waals surface area (Å²) in [5, 5.41) is -0.0632. The molecule has 3 rings (SSSR count). The Hall–Kier alpha value is -2.94. The lowest BCUT2D eigenvalue weighted by molar-refractivity contribution is -0.139. The van der Waals surface area contributed by atoms with E-state index < -0.39 is 22.5 Å². The Bertz CT molecular complexity index is 1180. The van der Waals surface area contributed by atoms with Crippen LogP contribution < -0.4 is 11.2 Å². The summed E-state index contributed by atoms with van der Waals surface area (Å²) in [6.07, 6.45) is 0. The molecule has 9 heteroatoms. The average Bonchev–Trinajstić information content (AvgIpc) is 2.69. The first-order valence-electron chi connectivity index (χ1n) is 8.54. The number of benzene rings is 1. The standard InChI is InChI=1S/C19H20N4O4S/c1-10-6-8-12(9-7-10)14-20-15-13(17(24)23(4)19(26)22(15)3)16(21-14)28-11(2)18(25)27-5/h6-9,11H,1-5H3/t11-/m0/s1. The number of carbonyl (C=O) groups excluding carboxylic acids is 1. The van der Waals surface area contributed by atoms with E-state index in [1.807, 2.05) is 31.2 Å². The van der Waals surface area contributed by atoms with Gasteiger partial charge in [-0.25, -0.2) is 14.8 Å². The van der Waals surface area contributed by atoms with Crippen LogP contribution in [0.2, 0.25) is 0 Å². The molecular weight excluding hydrogens is 380 g/mol. The maximum Gasteiger partial charge on any atom is 0.332 e. The van der Waals surface area contributed by atoms with Gasteiger partial charge in [0.05, 0.1) is 7.11 Å². The Morgan fingerprint density at radius 3 is 2.36 bits per heavy atom. The second-order valence-electron chi connectivity index (χ2n) is 6.41. The maximum atomic E-state index is 12.8. The van der Waals surface area contributed by atoms with Crippen LogP contribution in [0.5, 0.6) is 0 Å². The molecule has 0 fully saturated rings. The Kier molecular flexibility index (Phi) is 5.37. The highest BCUT2D eigenvalue weighted by molar-refractivity contribution is 8.00. The molecule has 0 N–H and O–H groups in total. The fraction of sp³-hybridized carbons (Fsp3) is 0.316. The molecule has 2 heterocycles. The van der Waals surface area contributed by atoms with Crippen molar-refractivity contribution in [1.82, 2.24) is 19.1 Å². The van der Waals surface area contributed by atoms with Crippen LogP contribution in [0, 0.1) is 6.92 Å². The zero-order chi connectivity index (χ0) is 20.6. The van der Waals surface area contributed by atoms with Crippen molar-refractivity contribution in [2.24, 2.45) is 14.1 Å². The van der Waals surface area contributed by atoms with Crippen LogP contribution in [0.15, 0.2) is 38.9 Å². The van der Waals surface area contributed by atoms with Crippen molar-refractivity contribution < 1.29 is 9.53 Å². The number of hydrogen-bond donors (Lipinski definition) is 0. The molecule has 0 bridgehead atoms. The molecule has 3 aromatic rings. The molecule has 8 nitrogen and oxygen atoms in total. The molecule has 146 valence electrons. The summed E-state index contributed by atoms with van der Waals surface area (Å²) in [7, 11) is 4.25. The van der Waals surface area contributed by atoms with Crippen molar-refractivity contribution in [3.8, 4) is 11.4 Å². The highest BCUT2D eigenvalue weighted by atomic mass is 32.2. The third kappa shape index (κ3) is 3.45. The summed E-state index contributed by atoms with van der Waals surface area (Å²) in [6.45, 7) is 3.64. The lowest BCUT2D eigenvalue weighted by Gasteiger charge is -2.14. The molecule has 0 aliphatic rings. The zero-order valence-electron chi connectivity index (χ0n) is 16.2. The second kappa shape index (κ2) is 7.59. The fourth-order valence-electron chi connectivity index (χ4n) is 2.73. The first kappa shape index (κ1) is 19.8. The molecule has 2 aromatic heterocycles. The van der Waals surface area contributed by atoms with E-state index in [1.54, 1.807) is 14.0 Å². The third-order valence-corrected chi connectivity index (χ3v) is 5.46. The number of carbonyl (C=O) groups is 1. The van der Waals surface area contributed by atoms with Gasteiger partial charge in [0.25, 0.3) is 5.56 Å². The van der Waals surface area contributed by atoms with E-state index in [4.69, 9.17) is 4.74 Å². The topological polar surface area (TPSA) is 96.1 Å². The summed E-state index contributed by atoms with van der Waals surface area (Å²) in [4.78, 5) is 46.1. The van der Waals surface area contributed by atoms with Crippen LogP contribution in [-0.4, -0.2) is 37.4 Å². The highest BCUT2D eigenvalue weighted by Crippen LogP contribution is 2.29. The zero-order valence-corrected chi connectivity index (χ0v) is 17.0. The van der Waals surface area contributed by atoms with Gasteiger partial charge in [0.2, 0.25) is 0 Å². The van der Waals surface area contributed by atoms with Crippen LogP contribution >= 0.6 is 11.8 Å². The van der Waals surface area contributed by atoms with Gasteiger partial charge < -0.3 is 4.74 Å². The Labute approximate surface area is 165 Å². The molecule has 1 atom stereocenters. The summed E-state index contributed by atoms with van der Waals surface area (Å²) >= 11 is 1.10. The maximum absolute atomic E-state index is 12.8. The summed E-state index contributed by atoms with van der Waals surface area (Å²) in [5.74, 6) is -0.0642. The van der Waals surface area contributed by atoms with Gasteiger partial charge in [-0.1, -0.05) is 41.6 Å². The van der Waals surface area contributed by atoms with E-state index in [-0.39, 0.29) is 11.0 Å². The minimum atomic E-state index is -0.587. The molecular formula is C19H20N4O4S. The van der Waals surface area contributed by atoms with Gasteiger partial charge in [-0.05, 0) is 13.8 Å². The number of esters is 1. The lowest BCUT2D eigenvalue weighted by atomic mass is 10.1. The van der Waals surface area contributed by atoms with Gasteiger partial charge in [-0.2, -0.15) is 0 Å². The van der Waals surface area contributed by atoms with Gasteiger partial charge in [0.1, 0.15) is 15.7 Å². The largest absolute Gasteiger partial charge is 0.468 e. The van der Waals surface area contributed by atoms with Crippen LogP contribution in [0.1, 0.15) is 12.5 Å². The van der Waals surface area contributed by atoms with E-state index in [2.05, 4.69) is 9.97 Å². The number of rotatable bonds is 4. The number of hydrogen-bond acceptors (Lipinski definition) is 7. The van der Waals surface area contributed by atoms with Crippen LogP contribution in [0.3, 0.4) is 0 Å². The highest BCUT2D eigenvalue weighted by Gasteiger charge is 2.22.